The van der Waals surface area contributed by atoms with Crippen molar-refractivity contribution in [3.63, 3.8) is 0 Å². The Labute approximate surface area is 102 Å². The molecule has 1 aromatic carbocycles. The molecule has 2 aliphatic rings. The molecule has 0 N–H and O–H groups in total. The van der Waals surface area contributed by atoms with Gasteiger partial charge >= 0.3 is 0 Å². The average molecular weight is 234 g/mol. The molecule has 0 spiro atoms. The second kappa shape index (κ2) is 4.55. The van der Waals surface area contributed by atoms with Gasteiger partial charge in [0.2, 0.25) is 0 Å². The van der Waals surface area contributed by atoms with Crippen LogP contribution in [0.5, 0.6) is 0 Å². The second-order valence-corrected chi connectivity index (χ2v) is 4.54. The maximum Gasteiger partial charge on any atom is 0.119 e. The first-order valence-corrected chi connectivity index (χ1v) is 6.11. The van der Waals surface area contributed by atoms with E-state index in [4.69, 9.17) is 9.47 Å². The number of ether oxygens (including phenoxy) is 2. The van der Waals surface area contributed by atoms with E-state index >= 15 is 0 Å². The molecule has 2 aliphatic heterocycles. The van der Waals surface area contributed by atoms with Crippen molar-refractivity contribution in [2.45, 2.75) is 6.92 Å². The number of para-hydroxylation sites is 1. The Hall–Kier alpha value is -1.26. The highest BCUT2D eigenvalue weighted by atomic mass is 16.5. The molecule has 0 aromatic heterocycles. The van der Waals surface area contributed by atoms with Crippen LogP contribution in [0, 0.1) is 6.92 Å². The highest BCUT2D eigenvalue weighted by molar-refractivity contribution is 5.75. The fourth-order valence-electron chi connectivity index (χ4n) is 2.50. The number of rotatable bonds is 2. The maximum atomic E-state index is 5.46. The second-order valence-electron chi connectivity index (χ2n) is 4.54. The van der Waals surface area contributed by atoms with Gasteiger partial charge in [-0.3, -0.25) is 0 Å². The maximum absolute atomic E-state index is 5.46. The van der Waals surface area contributed by atoms with Crippen LogP contribution in [0.25, 0.3) is 0 Å². The minimum absolute atomic E-state index is 0.700. The predicted octanol–water partition coefficient (Wildman–Crippen LogP) is 1.58. The third-order valence-electron chi connectivity index (χ3n) is 3.38. The van der Waals surface area contributed by atoms with Gasteiger partial charge in [0, 0.05) is 13.1 Å². The molecular weight excluding hydrogens is 216 g/mol. The number of benzene rings is 1. The van der Waals surface area contributed by atoms with Gasteiger partial charge in [-0.05, 0) is 18.6 Å². The minimum atomic E-state index is 0.700. The predicted molar refractivity (Wildman–Crippen MR) is 67.5 cm³/mol. The highest BCUT2D eigenvalue weighted by Crippen LogP contribution is 2.34. The molecule has 92 valence electrons. The zero-order valence-electron chi connectivity index (χ0n) is 10.2. The molecule has 0 aliphatic carbocycles. The van der Waals surface area contributed by atoms with E-state index in [0.29, 0.717) is 13.5 Å². The summed E-state index contributed by atoms with van der Waals surface area (Å²) in [7, 11) is 0. The Kier molecular flexibility index (Phi) is 2.91. The summed E-state index contributed by atoms with van der Waals surface area (Å²) >= 11 is 0. The van der Waals surface area contributed by atoms with Gasteiger partial charge in [0.1, 0.15) is 13.5 Å². The first kappa shape index (κ1) is 10.9. The van der Waals surface area contributed by atoms with Gasteiger partial charge in [0.15, 0.2) is 0 Å². The van der Waals surface area contributed by atoms with Crippen LogP contribution in [0.2, 0.25) is 0 Å². The van der Waals surface area contributed by atoms with Crippen molar-refractivity contribution in [1.29, 1.82) is 0 Å². The molecule has 0 amide bonds. The van der Waals surface area contributed by atoms with Crippen molar-refractivity contribution in [2.24, 2.45) is 0 Å². The number of aryl methyl sites for hydroxylation is 1. The Balaban J connectivity index is 1.98. The summed E-state index contributed by atoms with van der Waals surface area (Å²) in [5, 5.41) is 0. The Morgan fingerprint density at radius 3 is 2.35 bits per heavy atom. The molecule has 2 fully saturated rings. The largest absolute Gasteiger partial charge is 0.359 e. The van der Waals surface area contributed by atoms with E-state index in [1.165, 1.54) is 16.9 Å². The van der Waals surface area contributed by atoms with Gasteiger partial charge < -0.3 is 19.3 Å². The lowest BCUT2D eigenvalue weighted by atomic mass is 10.1. The summed E-state index contributed by atoms with van der Waals surface area (Å²) < 4.78 is 10.9. The van der Waals surface area contributed by atoms with E-state index < -0.39 is 0 Å². The van der Waals surface area contributed by atoms with Crippen molar-refractivity contribution in [3.8, 4) is 0 Å². The summed E-state index contributed by atoms with van der Waals surface area (Å²) in [5.74, 6) is 0. The van der Waals surface area contributed by atoms with Crippen molar-refractivity contribution in [1.82, 2.24) is 0 Å². The van der Waals surface area contributed by atoms with Gasteiger partial charge in [-0.15, -0.1) is 0 Å². The summed E-state index contributed by atoms with van der Waals surface area (Å²) in [6.45, 7) is 7.16. The lowest BCUT2D eigenvalue weighted by Crippen LogP contribution is -2.26. The first-order chi connectivity index (χ1) is 8.36. The summed E-state index contributed by atoms with van der Waals surface area (Å²) in [5.41, 5.74) is 3.88. The topological polar surface area (TPSA) is 24.9 Å². The van der Waals surface area contributed by atoms with Crippen molar-refractivity contribution < 1.29 is 9.47 Å². The molecule has 1 aromatic rings. The standard InChI is InChI=1S/C13H18N2O2/c1-11-3-2-4-12(14-5-7-16-9-14)13(11)15-6-8-17-10-15/h2-4H,5-10H2,1H3. The van der Waals surface area contributed by atoms with Crippen LogP contribution in [0.15, 0.2) is 18.2 Å². The van der Waals surface area contributed by atoms with Crippen LogP contribution in [-0.2, 0) is 9.47 Å². The van der Waals surface area contributed by atoms with Crippen LogP contribution < -0.4 is 9.80 Å². The molecule has 17 heavy (non-hydrogen) atoms. The Morgan fingerprint density at radius 1 is 1.00 bits per heavy atom. The van der Waals surface area contributed by atoms with Gasteiger partial charge in [0.25, 0.3) is 0 Å². The van der Waals surface area contributed by atoms with E-state index in [9.17, 15) is 0 Å². The molecule has 0 saturated carbocycles. The minimum Gasteiger partial charge on any atom is -0.359 e. The SMILES string of the molecule is Cc1cccc(N2CCOC2)c1N1CCOC1. The van der Waals surface area contributed by atoms with Crippen LogP contribution in [0.1, 0.15) is 5.56 Å². The Bertz CT molecular complexity index is 396. The normalized spacial score (nSPS) is 20.3. The van der Waals surface area contributed by atoms with E-state index in [0.717, 1.165) is 26.3 Å². The molecule has 4 nitrogen and oxygen atoms in total. The lowest BCUT2D eigenvalue weighted by molar-refractivity contribution is 0.200. The van der Waals surface area contributed by atoms with E-state index in [1.807, 2.05) is 0 Å². The van der Waals surface area contributed by atoms with E-state index in [-0.39, 0.29) is 0 Å². The average Bonchev–Trinajstić information content (AvgIpc) is 3.02. The molecule has 0 radical (unpaired) electrons. The molecule has 0 bridgehead atoms. The monoisotopic (exact) mass is 234 g/mol. The first-order valence-electron chi connectivity index (χ1n) is 6.11. The van der Waals surface area contributed by atoms with Gasteiger partial charge in [-0.1, -0.05) is 12.1 Å². The van der Waals surface area contributed by atoms with Gasteiger partial charge in [-0.25, -0.2) is 0 Å². The lowest BCUT2D eigenvalue weighted by Gasteiger charge is -2.27. The number of hydrogen-bond donors (Lipinski definition) is 0. The third-order valence-corrected chi connectivity index (χ3v) is 3.38. The van der Waals surface area contributed by atoms with E-state index in [1.54, 1.807) is 0 Å². The van der Waals surface area contributed by atoms with Gasteiger partial charge in [-0.2, -0.15) is 0 Å². The summed E-state index contributed by atoms with van der Waals surface area (Å²) in [4.78, 5) is 4.60. The number of hydrogen-bond acceptors (Lipinski definition) is 4. The van der Waals surface area contributed by atoms with Crippen LogP contribution in [0.3, 0.4) is 0 Å². The quantitative estimate of drug-likeness (QED) is 0.775. The fraction of sp³-hybridized carbons (Fsp3) is 0.538. The highest BCUT2D eigenvalue weighted by Gasteiger charge is 2.22. The van der Waals surface area contributed by atoms with Crippen molar-refractivity contribution >= 4 is 11.4 Å². The zero-order chi connectivity index (χ0) is 11.7. The third kappa shape index (κ3) is 1.98. The Morgan fingerprint density at radius 2 is 1.71 bits per heavy atom. The van der Waals surface area contributed by atoms with Gasteiger partial charge in [0.05, 0.1) is 24.6 Å². The smallest absolute Gasteiger partial charge is 0.119 e. The van der Waals surface area contributed by atoms with Crippen LogP contribution in [0.4, 0.5) is 11.4 Å². The molecule has 2 saturated heterocycles. The number of nitrogens with zero attached hydrogens (tertiary/aromatic N) is 2. The summed E-state index contributed by atoms with van der Waals surface area (Å²) in [6.07, 6.45) is 0. The van der Waals surface area contributed by atoms with E-state index in [2.05, 4.69) is 34.9 Å². The van der Waals surface area contributed by atoms with Crippen molar-refractivity contribution in [2.75, 3.05) is 49.6 Å². The summed E-state index contributed by atoms with van der Waals surface area (Å²) in [6, 6.07) is 6.45. The molecule has 4 heteroatoms. The van der Waals surface area contributed by atoms with Crippen LogP contribution in [-0.4, -0.2) is 39.8 Å². The molecule has 2 heterocycles. The molecule has 3 rings (SSSR count). The van der Waals surface area contributed by atoms with Crippen LogP contribution >= 0.6 is 0 Å². The fourth-order valence-corrected chi connectivity index (χ4v) is 2.50. The number of anilines is 2. The van der Waals surface area contributed by atoms with Crippen molar-refractivity contribution in [3.05, 3.63) is 23.8 Å². The molecular formula is C13H18N2O2. The molecule has 0 unspecified atom stereocenters. The molecule has 0 atom stereocenters. The zero-order valence-corrected chi connectivity index (χ0v) is 10.2.